The van der Waals surface area contributed by atoms with Crippen LogP contribution < -0.4 is 0 Å². The van der Waals surface area contributed by atoms with Crippen LogP contribution in [0.25, 0.3) is 27.9 Å². The number of carbonyl (C=O) groups excluding carboxylic acids is 1. The summed E-state index contributed by atoms with van der Waals surface area (Å²) in [6, 6.07) is 9.59. The number of pyridine rings is 2. The quantitative estimate of drug-likeness (QED) is 0.420. The third kappa shape index (κ3) is 4.31. The Balaban J connectivity index is 1.43. The summed E-state index contributed by atoms with van der Waals surface area (Å²) in [5.74, 6) is 0.306. The molecule has 1 saturated carbocycles. The van der Waals surface area contributed by atoms with Crippen LogP contribution >= 0.6 is 0 Å². The summed E-state index contributed by atoms with van der Waals surface area (Å²) in [5, 5.41) is 24.3. The predicted octanol–water partition coefficient (Wildman–Crippen LogP) is 4.50. The smallest absolute Gasteiger partial charge is 0.255 e. The van der Waals surface area contributed by atoms with Crippen molar-refractivity contribution in [1.29, 1.82) is 5.41 Å². The first-order valence-electron chi connectivity index (χ1n) is 12.8. The van der Waals surface area contributed by atoms with Crippen LogP contribution in [0.2, 0.25) is 0 Å². The molecule has 1 amide bonds. The average Bonchev–Trinajstić information content (AvgIpc) is 3.51. The third-order valence-electron chi connectivity index (χ3n) is 7.43. The van der Waals surface area contributed by atoms with Gasteiger partial charge in [-0.2, -0.15) is 5.10 Å². The fraction of sp³-hybridized carbons (Fsp3) is 0.429. The number of alkyl halides is 1. The van der Waals surface area contributed by atoms with Gasteiger partial charge in [0.25, 0.3) is 5.91 Å². The molecular formula is C28H31FN6O2. The fourth-order valence-electron chi connectivity index (χ4n) is 5.22. The van der Waals surface area contributed by atoms with Gasteiger partial charge in [0.15, 0.2) is 0 Å². The number of rotatable bonds is 5. The largest absolute Gasteiger partial charge is 0.384 e. The van der Waals surface area contributed by atoms with E-state index >= 15 is 0 Å². The van der Waals surface area contributed by atoms with Crippen molar-refractivity contribution >= 4 is 28.2 Å². The molecule has 0 spiro atoms. The van der Waals surface area contributed by atoms with E-state index < -0.39 is 11.8 Å². The van der Waals surface area contributed by atoms with Crippen molar-refractivity contribution in [3.05, 3.63) is 53.3 Å². The van der Waals surface area contributed by atoms with E-state index in [4.69, 9.17) is 15.5 Å². The molecule has 0 bridgehead atoms. The van der Waals surface area contributed by atoms with Gasteiger partial charge in [-0.1, -0.05) is 0 Å². The zero-order chi connectivity index (χ0) is 26.1. The molecule has 2 aliphatic rings. The number of aromatic nitrogens is 4. The molecule has 1 aliphatic carbocycles. The molecule has 0 radical (unpaired) electrons. The van der Waals surface area contributed by atoms with E-state index in [0.29, 0.717) is 17.2 Å². The number of piperidine rings is 1. The van der Waals surface area contributed by atoms with E-state index in [0.717, 1.165) is 40.0 Å². The Morgan fingerprint density at radius 1 is 1.24 bits per heavy atom. The van der Waals surface area contributed by atoms with Gasteiger partial charge in [-0.05, 0) is 69.9 Å². The molecule has 9 heteroatoms. The molecule has 0 aromatic carbocycles. The summed E-state index contributed by atoms with van der Waals surface area (Å²) in [4.78, 5) is 19.3. The molecule has 1 atom stereocenters. The molecule has 5 heterocycles. The van der Waals surface area contributed by atoms with Crippen molar-refractivity contribution in [3.63, 3.8) is 0 Å². The Morgan fingerprint density at radius 2 is 2.03 bits per heavy atom. The second-order valence-corrected chi connectivity index (χ2v) is 11.1. The second-order valence-electron chi connectivity index (χ2n) is 11.1. The summed E-state index contributed by atoms with van der Waals surface area (Å²) in [5.41, 5.74) is 4.71. The Morgan fingerprint density at radius 3 is 2.73 bits per heavy atom. The lowest BCUT2D eigenvalue weighted by molar-refractivity contribution is 0.0716. The Labute approximate surface area is 214 Å². The Hall–Kier alpha value is -3.59. The lowest BCUT2D eigenvalue weighted by atomic mass is 10.0. The Bertz CT molecular complexity index is 1560. The summed E-state index contributed by atoms with van der Waals surface area (Å²) in [6.07, 6.45) is 2.96. The number of aryl methyl sites for hydroxylation is 1. The Kier molecular flexibility index (Phi) is 5.45. The van der Waals surface area contributed by atoms with E-state index in [2.05, 4.69) is 10.6 Å². The van der Waals surface area contributed by atoms with Gasteiger partial charge < -0.3 is 20.0 Å². The molecule has 8 nitrogen and oxygen atoms in total. The molecular weight excluding hydrogens is 471 g/mol. The van der Waals surface area contributed by atoms with Gasteiger partial charge in [0.05, 0.1) is 35.6 Å². The zero-order valence-corrected chi connectivity index (χ0v) is 21.3. The van der Waals surface area contributed by atoms with Crippen LogP contribution in [0.3, 0.4) is 0 Å². The zero-order valence-electron chi connectivity index (χ0n) is 21.3. The number of aliphatic hydroxyl groups is 1. The van der Waals surface area contributed by atoms with E-state index in [1.807, 2.05) is 25.1 Å². The van der Waals surface area contributed by atoms with Crippen LogP contribution in [0.4, 0.5) is 4.39 Å². The average molecular weight is 503 g/mol. The first-order chi connectivity index (χ1) is 17.6. The van der Waals surface area contributed by atoms with Gasteiger partial charge >= 0.3 is 0 Å². The van der Waals surface area contributed by atoms with Gasteiger partial charge in [-0.15, -0.1) is 0 Å². The molecule has 192 valence electrons. The number of hydrogen-bond donors (Lipinski definition) is 2. The van der Waals surface area contributed by atoms with Crippen molar-refractivity contribution < 1.29 is 14.3 Å². The number of nitrogens with one attached hydrogen (secondary N) is 1. The summed E-state index contributed by atoms with van der Waals surface area (Å²) < 4.78 is 17.9. The summed E-state index contributed by atoms with van der Waals surface area (Å²) in [6.45, 7) is 6.49. The van der Waals surface area contributed by atoms with Crippen molar-refractivity contribution in [2.75, 3.05) is 13.1 Å². The molecule has 1 aliphatic heterocycles. The number of fused-ring (bicyclic) bond motifs is 2. The number of nitrogens with zero attached hydrogens (tertiary/aromatic N) is 5. The van der Waals surface area contributed by atoms with Crippen LogP contribution in [0.5, 0.6) is 0 Å². The molecule has 2 fully saturated rings. The van der Waals surface area contributed by atoms with E-state index in [1.165, 1.54) is 17.7 Å². The minimum Gasteiger partial charge on any atom is -0.384 e. The van der Waals surface area contributed by atoms with Gasteiger partial charge in [-0.3, -0.25) is 4.79 Å². The number of likely N-dealkylation sites (tertiary alicyclic amines) is 1. The van der Waals surface area contributed by atoms with Crippen molar-refractivity contribution in [1.82, 2.24) is 24.1 Å². The summed E-state index contributed by atoms with van der Waals surface area (Å²) in [7, 11) is 0. The van der Waals surface area contributed by atoms with Crippen LogP contribution in [-0.4, -0.2) is 60.1 Å². The second kappa shape index (κ2) is 8.48. The van der Waals surface area contributed by atoms with Crippen molar-refractivity contribution in [2.45, 2.75) is 58.4 Å². The van der Waals surface area contributed by atoms with Crippen molar-refractivity contribution in [3.8, 4) is 11.4 Å². The highest BCUT2D eigenvalue weighted by Gasteiger charge is 2.29. The lowest BCUT2D eigenvalue weighted by Gasteiger charge is -2.29. The SMILES string of the molecule is Cc1c(-c2cc3ccc(C(C)(C)O)nc3n2CC2CC2)nn2cc(C(=O)N3CC(=N)C[C@@H](F)C3)ccc12. The maximum Gasteiger partial charge on any atom is 0.255 e. The van der Waals surface area contributed by atoms with E-state index in [1.54, 1.807) is 30.6 Å². The molecule has 6 rings (SSSR count). The topological polar surface area (TPSA) is 99.5 Å². The van der Waals surface area contributed by atoms with Crippen LogP contribution in [0.1, 0.15) is 54.7 Å². The first-order valence-corrected chi connectivity index (χ1v) is 12.8. The minimum atomic E-state index is -1.20. The third-order valence-corrected chi connectivity index (χ3v) is 7.43. The number of amides is 1. The molecule has 4 aromatic rings. The van der Waals surface area contributed by atoms with Crippen molar-refractivity contribution in [2.24, 2.45) is 5.92 Å². The molecule has 0 unspecified atom stereocenters. The number of halogens is 1. The van der Waals surface area contributed by atoms with Gasteiger partial charge in [-0.25, -0.2) is 13.9 Å². The minimum absolute atomic E-state index is 0.00351. The molecule has 2 N–H and O–H groups in total. The molecule has 1 saturated heterocycles. The standard InChI is InChI=1S/C28H31FN6O2/c1-16-22-8-6-19(27(36)33-14-20(29)11-21(30)15-33)13-35(22)32-25(16)23-10-18-7-9-24(28(2,3)37)31-26(18)34(23)12-17-4-5-17/h6-10,13,17,20,30,37H,4-5,11-12,14-15H2,1-3H3/t20-/m1/s1. The van der Waals surface area contributed by atoms with E-state index in [-0.39, 0.29) is 31.1 Å². The highest BCUT2D eigenvalue weighted by atomic mass is 19.1. The highest BCUT2D eigenvalue weighted by molar-refractivity contribution is 5.98. The van der Waals surface area contributed by atoms with Crippen LogP contribution in [0, 0.1) is 18.3 Å². The number of hydrogen-bond acceptors (Lipinski definition) is 5. The first kappa shape index (κ1) is 23.8. The summed E-state index contributed by atoms with van der Waals surface area (Å²) >= 11 is 0. The molecule has 4 aromatic heterocycles. The van der Waals surface area contributed by atoms with Crippen LogP contribution in [0.15, 0.2) is 36.5 Å². The maximum atomic E-state index is 14.0. The molecule has 37 heavy (non-hydrogen) atoms. The van der Waals surface area contributed by atoms with Gasteiger partial charge in [0.1, 0.15) is 23.1 Å². The van der Waals surface area contributed by atoms with E-state index in [9.17, 15) is 14.3 Å². The van der Waals surface area contributed by atoms with Gasteiger partial charge in [0.2, 0.25) is 0 Å². The highest BCUT2D eigenvalue weighted by Crippen LogP contribution is 2.37. The number of carbonyl (C=O) groups is 1. The fourth-order valence-corrected chi connectivity index (χ4v) is 5.22. The van der Waals surface area contributed by atoms with Crippen LogP contribution in [-0.2, 0) is 12.1 Å². The normalized spacial score (nSPS) is 18.8. The monoisotopic (exact) mass is 502 g/mol. The lowest BCUT2D eigenvalue weighted by Crippen LogP contribution is -2.45. The maximum absolute atomic E-state index is 14.0. The predicted molar refractivity (Wildman–Crippen MR) is 140 cm³/mol. The van der Waals surface area contributed by atoms with Gasteiger partial charge in [0, 0.05) is 35.8 Å².